The van der Waals surface area contributed by atoms with Crippen LogP contribution in [0.4, 0.5) is 0 Å². The summed E-state index contributed by atoms with van der Waals surface area (Å²) in [5.41, 5.74) is 2.10. The molecule has 0 fully saturated rings. The number of allylic oxidation sites excluding steroid dienone is 1. The number of rotatable bonds is 6. The second-order valence-electron chi connectivity index (χ2n) is 4.93. The highest BCUT2D eigenvalue weighted by molar-refractivity contribution is 9.10. The Labute approximate surface area is 161 Å². The second kappa shape index (κ2) is 9.18. The standard InChI is InChI=1S/C20H15BrClNO2/c1-3-9-25-20-18(21)11-14(12-19(20)24-4-2)10-16(13-23)15-5-7-17(22)8-6-15/h1,5-8,10-12H,4,9H2,2H3/b16-10+. The van der Waals surface area contributed by atoms with Gasteiger partial charge in [-0.1, -0.05) is 29.7 Å². The Hall–Kier alpha value is -2.40. The van der Waals surface area contributed by atoms with E-state index >= 15 is 0 Å². The van der Waals surface area contributed by atoms with Crippen LogP contribution in [0, 0.1) is 23.7 Å². The number of nitrogens with zero attached hydrogens (tertiary/aromatic N) is 1. The zero-order valence-electron chi connectivity index (χ0n) is 13.6. The van der Waals surface area contributed by atoms with Crippen LogP contribution in [0.3, 0.4) is 0 Å². The predicted octanol–water partition coefficient (Wildman–Crippen LogP) is 5.58. The molecule has 0 heterocycles. The fraction of sp³-hybridized carbons (Fsp3) is 0.150. The van der Waals surface area contributed by atoms with Crippen LogP contribution in [-0.2, 0) is 0 Å². The van der Waals surface area contributed by atoms with Gasteiger partial charge in [0.1, 0.15) is 6.61 Å². The quantitative estimate of drug-likeness (QED) is 0.351. The van der Waals surface area contributed by atoms with Crippen LogP contribution in [0.25, 0.3) is 11.6 Å². The molecular formula is C20H15BrClNO2. The van der Waals surface area contributed by atoms with Gasteiger partial charge in [-0.05, 0) is 64.3 Å². The summed E-state index contributed by atoms with van der Waals surface area (Å²) in [6.45, 7) is 2.51. The maximum absolute atomic E-state index is 9.48. The summed E-state index contributed by atoms with van der Waals surface area (Å²) in [7, 11) is 0. The van der Waals surface area contributed by atoms with Crippen molar-refractivity contribution in [2.45, 2.75) is 6.92 Å². The monoisotopic (exact) mass is 415 g/mol. The van der Waals surface area contributed by atoms with Crippen molar-refractivity contribution in [3.8, 4) is 29.9 Å². The molecule has 0 radical (unpaired) electrons. The molecule has 2 rings (SSSR count). The minimum Gasteiger partial charge on any atom is -0.490 e. The molecule has 0 saturated carbocycles. The van der Waals surface area contributed by atoms with Gasteiger partial charge in [0, 0.05) is 5.02 Å². The molecule has 5 heteroatoms. The minimum atomic E-state index is 0.141. The maximum atomic E-state index is 9.48. The fourth-order valence-electron chi connectivity index (χ4n) is 2.16. The molecule has 25 heavy (non-hydrogen) atoms. The van der Waals surface area contributed by atoms with Gasteiger partial charge in [0.05, 0.1) is 22.7 Å². The highest BCUT2D eigenvalue weighted by atomic mass is 79.9. The van der Waals surface area contributed by atoms with Crippen LogP contribution in [0.1, 0.15) is 18.1 Å². The first kappa shape index (κ1) is 18.9. The number of nitriles is 1. The van der Waals surface area contributed by atoms with Crippen LogP contribution in [0.15, 0.2) is 40.9 Å². The summed E-state index contributed by atoms with van der Waals surface area (Å²) in [5.74, 6) is 3.54. The third-order valence-corrected chi connectivity index (χ3v) is 4.06. The van der Waals surface area contributed by atoms with Crippen molar-refractivity contribution < 1.29 is 9.47 Å². The Bertz CT molecular complexity index is 861. The lowest BCUT2D eigenvalue weighted by molar-refractivity contribution is 0.298. The summed E-state index contributed by atoms with van der Waals surface area (Å²) < 4.78 is 11.9. The lowest BCUT2D eigenvalue weighted by Gasteiger charge is -2.13. The van der Waals surface area contributed by atoms with Crippen LogP contribution in [0.5, 0.6) is 11.5 Å². The maximum Gasteiger partial charge on any atom is 0.176 e. The van der Waals surface area contributed by atoms with Gasteiger partial charge in [0.15, 0.2) is 11.5 Å². The molecule has 0 aliphatic carbocycles. The van der Waals surface area contributed by atoms with Crippen molar-refractivity contribution >= 4 is 39.2 Å². The molecule has 0 aromatic heterocycles. The van der Waals surface area contributed by atoms with E-state index in [0.717, 1.165) is 11.1 Å². The van der Waals surface area contributed by atoms with E-state index in [1.54, 1.807) is 30.3 Å². The number of terminal acetylenes is 1. The van der Waals surface area contributed by atoms with Gasteiger partial charge in [-0.3, -0.25) is 0 Å². The molecule has 0 N–H and O–H groups in total. The van der Waals surface area contributed by atoms with Gasteiger partial charge in [-0.25, -0.2) is 0 Å². The summed E-state index contributed by atoms with van der Waals surface area (Å²) in [6.07, 6.45) is 7.03. The van der Waals surface area contributed by atoms with E-state index in [4.69, 9.17) is 27.5 Å². The molecule has 126 valence electrons. The Balaban J connectivity index is 2.45. The van der Waals surface area contributed by atoms with E-state index in [-0.39, 0.29) is 6.61 Å². The lowest BCUT2D eigenvalue weighted by Crippen LogP contribution is -2.00. The number of hydrogen-bond acceptors (Lipinski definition) is 3. The molecule has 0 atom stereocenters. The van der Waals surface area contributed by atoms with Crippen LogP contribution in [0.2, 0.25) is 5.02 Å². The van der Waals surface area contributed by atoms with E-state index < -0.39 is 0 Å². The van der Waals surface area contributed by atoms with Crippen LogP contribution < -0.4 is 9.47 Å². The summed E-state index contributed by atoms with van der Waals surface area (Å²) in [4.78, 5) is 0. The predicted molar refractivity (Wildman–Crippen MR) is 105 cm³/mol. The molecule has 0 saturated heterocycles. The molecule has 0 aliphatic heterocycles. The van der Waals surface area contributed by atoms with Gasteiger partial charge in [-0.2, -0.15) is 5.26 Å². The highest BCUT2D eigenvalue weighted by Crippen LogP contribution is 2.38. The summed E-state index contributed by atoms with van der Waals surface area (Å²) in [6, 6.07) is 13.0. The Morgan fingerprint density at radius 2 is 2.00 bits per heavy atom. The van der Waals surface area contributed by atoms with Crippen molar-refractivity contribution in [3.63, 3.8) is 0 Å². The summed E-state index contributed by atoms with van der Waals surface area (Å²) >= 11 is 9.37. The van der Waals surface area contributed by atoms with Crippen molar-refractivity contribution in [2.75, 3.05) is 13.2 Å². The van der Waals surface area contributed by atoms with Crippen LogP contribution in [-0.4, -0.2) is 13.2 Å². The van der Waals surface area contributed by atoms with Crippen molar-refractivity contribution in [1.29, 1.82) is 5.26 Å². The van der Waals surface area contributed by atoms with E-state index in [0.29, 0.717) is 33.2 Å². The zero-order valence-corrected chi connectivity index (χ0v) is 15.9. The molecule has 2 aromatic carbocycles. The molecule has 0 bridgehead atoms. The van der Waals surface area contributed by atoms with E-state index in [1.807, 2.05) is 19.1 Å². The molecule has 0 amide bonds. The van der Waals surface area contributed by atoms with Crippen molar-refractivity contribution in [3.05, 3.63) is 57.0 Å². The molecule has 0 spiro atoms. The van der Waals surface area contributed by atoms with E-state index in [9.17, 15) is 5.26 Å². The van der Waals surface area contributed by atoms with Gasteiger partial charge in [-0.15, -0.1) is 6.42 Å². The number of hydrogen-bond donors (Lipinski definition) is 0. The SMILES string of the molecule is C#CCOc1c(Br)cc(/C=C(\C#N)c2ccc(Cl)cc2)cc1OCC. The minimum absolute atomic E-state index is 0.141. The average molecular weight is 417 g/mol. The van der Waals surface area contributed by atoms with Gasteiger partial charge in [0.25, 0.3) is 0 Å². The second-order valence-corrected chi connectivity index (χ2v) is 6.22. The van der Waals surface area contributed by atoms with Crippen LogP contribution >= 0.6 is 27.5 Å². The molecular weight excluding hydrogens is 402 g/mol. The Morgan fingerprint density at radius 3 is 2.60 bits per heavy atom. The third kappa shape index (κ3) is 5.03. The molecule has 0 unspecified atom stereocenters. The van der Waals surface area contributed by atoms with E-state index in [2.05, 4.69) is 27.9 Å². The number of benzene rings is 2. The highest BCUT2D eigenvalue weighted by Gasteiger charge is 2.12. The van der Waals surface area contributed by atoms with E-state index in [1.165, 1.54) is 0 Å². The lowest BCUT2D eigenvalue weighted by atomic mass is 10.0. The Kier molecular flexibility index (Phi) is 6.95. The number of halogens is 2. The average Bonchev–Trinajstić information content (AvgIpc) is 2.60. The first-order chi connectivity index (χ1) is 12.1. The third-order valence-electron chi connectivity index (χ3n) is 3.22. The molecule has 2 aromatic rings. The van der Waals surface area contributed by atoms with Gasteiger partial charge in [0.2, 0.25) is 0 Å². The zero-order chi connectivity index (χ0) is 18.2. The number of ether oxygens (including phenoxy) is 2. The largest absolute Gasteiger partial charge is 0.490 e. The first-order valence-corrected chi connectivity index (χ1v) is 8.66. The van der Waals surface area contributed by atoms with Crippen molar-refractivity contribution in [1.82, 2.24) is 0 Å². The molecule has 0 aliphatic rings. The van der Waals surface area contributed by atoms with Gasteiger partial charge >= 0.3 is 0 Å². The molecule has 3 nitrogen and oxygen atoms in total. The normalized spacial score (nSPS) is 10.7. The smallest absolute Gasteiger partial charge is 0.176 e. The Morgan fingerprint density at radius 1 is 1.28 bits per heavy atom. The fourth-order valence-corrected chi connectivity index (χ4v) is 2.86. The van der Waals surface area contributed by atoms with Crippen molar-refractivity contribution in [2.24, 2.45) is 0 Å². The topological polar surface area (TPSA) is 42.2 Å². The summed E-state index contributed by atoms with van der Waals surface area (Å²) in [5, 5.41) is 10.1. The van der Waals surface area contributed by atoms with Gasteiger partial charge < -0.3 is 9.47 Å². The first-order valence-electron chi connectivity index (χ1n) is 7.49.